The number of amides is 4. The molecule has 1 aromatic rings. The van der Waals surface area contributed by atoms with Gasteiger partial charge in [-0.3, -0.25) is 24.0 Å². The summed E-state index contributed by atoms with van der Waals surface area (Å²) in [6.45, 7) is 0.137. The first-order valence-electron chi connectivity index (χ1n) is 11.0. The number of phenols is 1. The van der Waals surface area contributed by atoms with Crippen molar-refractivity contribution < 1.29 is 39.3 Å². The number of aliphatic hydroxyl groups excluding tert-OH is 1. The molecular formula is C22H33N5O8S. The number of aliphatic carboxylic acids is 1. The molecule has 0 spiro atoms. The number of hydrogen-bond donors (Lipinski definition) is 8. The Morgan fingerprint density at radius 1 is 0.944 bits per heavy atom. The van der Waals surface area contributed by atoms with Crippen LogP contribution in [0.25, 0.3) is 0 Å². The van der Waals surface area contributed by atoms with Crippen LogP contribution >= 0.6 is 11.8 Å². The van der Waals surface area contributed by atoms with Gasteiger partial charge in [0.05, 0.1) is 6.61 Å². The summed E-state index contributed by atoms with van der Waals surface area (Å²) in [6, 6.07) is 1.36. The Labute approximate surface area is 212 Å². The summed E-state index contributed by atoms with van der Waals surface area (Å²) >= 11 is 1.43. The van der Waals surface area contributed by atoms with Gasteiger partial charge in [0.15, 0.2) is 0 Å². The third-order valence-corrected chi connectivity index (χ3v) is 5.60. The van der Waals surface area contributed by atoms with Gasteiger partial charge in [0.2, 0.25) is 23.6 Å². The van der Waals surface area contributed by atoms with E-state index < -0.39 is 66.9 Å². The molecule has 0 aromatic heterocycles. The number of hydrogen-bond acceptors (Lipinski definition) is 9. The zero-order chi connectivity index (χ0) is 27.3. The second kappa shape index (κ2) is 15.6. The lowest BCUT2D eigenvalue weighted by molar-refractivity contribution is -0.138. The first kappa shape index (κ1) is 30.7. The monoisotopic (exact) mass is 527 g/mol. The summed E-state index contributed by atoms with van der Waals surface area (Å²) in [5.74, 6) is -3.57. The van der Waals surface area contributed by atoms with Gasteiger partial charge >= 0.3 is 5.97 Å². The normalized spacial score (nSPS) is 14.0. The van der Waals surface area contributed by atoms with Gasteiger partial charge < -0.3 is 42.3 Å². The van der Waals surface area contributed by atoms with E-state index in [2.05, 4.69) is 21.3 Å². The van der Waals surface area contributed by atoms with Crippen LogP contribution in [0, 0.1) is 0 Å². The molecule has 0 heterocycles. The molecule has 1 aromatic carbocycles. The van der Waals surface area contributed by atoms with E-state index >= 15 is 0 Å². The fraction of sp³-hybridized carbons (Fsp3) is 0.500. The number of carbonyl (C=O) groups excluding carboxylic acids is 4. The van der Waals surface area contributed by atoms with Crippen LogP contribution in [0.2, 0.25) is 0 Å². The van der Waals surface area contributed by atoms with Crippen LogP contribution in [-0.4, -0.2) is 94.2 Å². The van der Waals surface area contributed by atoms with E-state index in [9.17, 15) is 29.1 Å². The van der Waals surface area contributed by atoms with Crippen molar-refractivity contribution in [1.82, 2.24) is 21.3 Å². The largest absolute Gasteiger partial charge is 0.508 e. The van der Waals surface area contributed by atoms with E-state index in [1.54, 1.807) is 12.1 Å². The number of carbonyl (C=O) groups is 5. The second-order valence-corrected chi connectivity index (χ2v) is 8.89. The first-order valence-corrected chi connectivity index (χ1v) is 12.4. The molecule has 0 aliphatic rings. The number of aromatic hydroxyl groups is 1. The third-order valence-electron chi connectivity index (χ3n) is 4.95. The molecule has 0 radical (unpaired) electrons. The van der Waals surface area contributed by atoms with Crippen LogP contribution in [0.5, 0.6) is 5.75 Å². The van der Waals surface area contributed by atoms with Gasteiger partial charge in [-0.05, 0) is 43.0 Å². The van der Waals surface area contributed by atoms with E-state index in [1.165, 1.54) is 30.8 Å². The molecule has 0 aliphatic carbocycles. The topological polar surface area (TPSA) is 220 Å². The quantitative estimate of drug-likeness (QED) is 0.122. The van der Waals surface area contributed by atoms with E-state index in [1.807, 2.05) is 6.26 Å². The summed E-state index contributed by atoms with van der Waals surface area (Å²) in [5.41, 5.74) is 6.12. The van der Waals surface area contributed by atoms with Crippen LogP contribution in [0.1, 0.15) is 18.9 Å². The fourth-order valence-electron chi connectivity index (χ4n) is 2.91. The maximum Gasteiger partial charge on any atom is 0.322 e. The van der Waals surface area contributed by atoms with Gasteiger partial charge in [-0.15, -0.1) is 0 Å². The summed E-state index contributed by atoms with van der Waals surface area (Å²) in [7, 11) is 0. The Morgan fingerprint density at radius 2 is 1.56 bits per heavy atom. The summed E-state index contributed by atoms with van der Waals surface area (Å²) in [6.07, 6.45) is 2.04. The van der Waals surface area contributed by atoms with Crippen molar-refractivity contribution in [1.29, 1.82) is 0 Å². The molecule has 0 fully saturated rings. The smallest absolute Gasteiger partial charge is 0.322 e. The first-order chi connectivity index (χ1) is 17.0. The number of carboxylic acid groups (broad SMARTS) is 1. The van der Waals surface area contributed by atoms with Gasteiger partial charge in [-0.2, -0.15) is 11.8 Å². The van der Waals surface area contributed by atoms with Crippen molar-refractivity contribution in [2.45, 2.75) is 43.9 Å². The summed E-state index contributed by atoms with van der Waals surface area (Å²) in [5, 5.41) is 37.0. The highest BCUT2D eigenvalue weighted by Crippen LogP contribution is 2.12. The summed E-state index contributed by atoms with van der Waals surface area (Å²) < 4.78 is 0. The van der Waals surface area contributed by atoms with Crippen LogP contribution in [0.4, 0.5) is 0 Å². The number of aliphatic hydroxyl groups is 1. The average Bonchev–Trinajstić information content (AvgIpc) is 2.84. The van der Waals surface area contributed by atoms with Crippen molar-refractivity contribution in [3.8, 4) is 5.75 Å². The third kappa shape index (κ3) is 10.9. The molecule has 0 bridgehead atoms. The number of benzene rings is 1. The van der Waals surface area contributed by atoms with Crippen molar-refractivity contribution in [3.63, 3.8) is 0 Å². The molecule has 200 valence electrons. The molecule has 13 nitrogen and oxygen atoms in total. The lowest BCUT2D eigenvalue weighted by atomic mass is 10.0. The Bertz CT molecular complexity index is 914. The van der Waals surface area contributed by atoms with Crippen LogP contribution < -0.4 is 27.0 Å². The highest BCUT2D eigenvalue weighted by atomic mass is 32.2. The van der Waals surface area contributed by atoms with Crippen molar-refractivity contribution in [2.24, 2.45) is 5.73 Å². The number of nitrogens with one attached hydrogen (secondary N) is 4. The van der Waals surface area contributed by atoms with Crippen molar-refractivity contribution in [2.75, 3.05) is 25.2 Å². The van der Waals surface area contributed by atoms with E-state index in [0.29, 0.717) is 11.3 Å². The minimum atomic E-state index is -1.26. The minimum absolute atomic E-state index is 0.00170. The lowest BCUT2D eigenvalue weighted by Crippen LogP contribution is -2.58. The molecule has 1 rings (SSSR count). The molecule has 9 N–H and O–H groups in total. The molecule has 0 saturated heterocycles. The Hall–Kier alpha value is -3.36. The van der Waals surface area contributed by atoms with Crippen LogP contribution in [-0.2, 0) is 30.4 Å². The highest BCUT2D eigenvalue weighted by Gasteiger charge is 2.28. The maximum atomic E-state index is 12.9. The molecular weight excluding hydrogens is 494 g/mol. The maximum absolute atomic E-state index is 12.9. The number of phenolic OH excluding ortho intramolecular Hbond substituents is 1. The van der Waals surface area contributed by atoms with Gasteiger partial charge in [-0.25, -0.2) is 0 Å². The fourth-order valence-corrected chi connectivity index (χ4v) is 3.38. The molecule has 4 atom stereocenters. The number of thioether (sulfide) groups is 1. The molecule has 4 amide bonds. The molecule has 0 aliphatic heterocycles. The van der Waals surface area contributed by atoms with Gasteiger partial charge in [-0.1, -0.05) is 12.1 Å². The van der Waals surface area contributed by atoms with Crippen molar-refractivity contribution in [3.05, 3.63) is 29.8 Å². The zero-order valence-electron chi connectivity index (χ0n) is 20.0. The predicted octanol–water partition coefficient (Wildman–Crippen LogP) is -2.32. The van der Waals surface area contributed by atoms with E-state index in [4.69, 9.17) is 15.9 Å². The van der Waals surface area contributed by atoms with Crippen LogP contribution in [0.3, 0.4) is 0 Å². The lowest BCUT2D eigenvalue weighted by Gasteiger charge is -2.24. The second-order valence-electron chi connectivity index (χ2n) is 7.91. The predicted molar refractivity (Wildman–Crippen MR) is 132 cm³/mol. The molecule has 0 saturated carbocycles. The van der Waals surface area contributed by atoms with Gasteiger partial charge in [0.1, 0.15) is 36.5 Å². The van der Waals surface area contributed by atoms with E-state index in [-0.39, 0.29) is 18.6 Å². The Balaban J connectivity index is 2.91. The SMILES string of the molecule is CSCC[C@H](NC(=O)[C@H](C)NC(=O)[C@H](Cc1ccc(O)cc1)NC(=O)[C@@H](N)CO)C(=O)NCC(=O)O. The van der Waals surface area contributed by atoms with Crippen LogP contribution in [0.15, 0.2) is 24.3 Å². The average molecular weight is 528 g/mol. The summed E-state index contributed by atoms with van der Waals surface area (Å²) in [4.78, 5) is 60.9. The number of nitrogens with two attached hydrogens (primary N) is 1. The van der Waals surface area contributed by atoms with Gasteiger partial charge in [0.25, 0.3) is 0 Å². The Kier molecular flexibility index (Phi) is 13.3. The standard InChI is InChI=1S/C22H33N5O8S/c1-12(19(32)26-16(7-8-36-2)21(34)24-10-18(30)31)25-22(35)17(27-20(33)15(23)11-28)9-13-3-5-14(29)6-4-13/h3-6,12,15-17,28-29H,7-11,23H2,1-2H3,(H,24,34)(H,25,35)(H,26,32)(H,27,33)(H,30,31)/t12-,15-,16-,17-/m0/s1. The Morgan fingerprint density at radius 3 is 2.11 bits per heavy atom. The molecule has 0 unspecified atom stereocenters. The van der Waals surface area contributed by atoms with Gasteiger partial charge in [0, 0.05) is 6.42 Å². The number of rotatable bonds is 15. The zero-order valence-corrected chi connectivity index (χ0v) is 20.8. The minimum Gasteiger partial charge on any atom is -0.508 e. The highest BCUT2D eigenvalue weighted by molar-refractivity contribution is 7.98. The molecule has 14 heteroatoms. The van der Waals surface area contributed by atoms with E-state index in [0.717, 1.165) is 0 Å². The molecule has 36 heavy (non-hydrogen) atoms. The number of carboxylic acids is 1. The van der Waals surface area contributed by atoms with Crippen molar-refractivity contribution >= 4 is 41.4 Å².